The Kier molecular flexibility index (Phi) is 3.28. The van der Waals surface area contributed by atoms with E-state index in [0.29, 0.717) is 0 Å². The molecule has 2 N–H and O–H groups in total. The summed E-state index contributed by atoms with van der Waals surface area (Å²) in [5.41, 5.74) is 3.95. The van der Waals surface area contributed by atoms with Gasteiger partial charge in [0.2, 0.25) is 5.91 Å². The minimum atomic E-state index is -4.48. The van der Waals surface area contributed by atoms with E-state index in [1.807, 2.05) is 0 Å². The molecule has 1 rings (SSSR count). The molecule has 0 saturated carbocycles. The summed E-state index contributed by atoms with van der Waals surface area (Å²) in [6.45, 7) is 0. The number of amides is 1. The second-order valence-electron chi connectivity index (χ2n) is 2.82. The molecule has 0 bridgehead atoms. The Balaban J connectivity index is 2.79. The molecular formula is C9H8F3N2O. The van der Waals surface area contributed by atoms with Crippen LogP contribution in [0.1, 0.15) is 17.8 Å². The number of carbonyl (C=O) groups is 1. The molecule has 0 saturated heterocycles. The van der Waals surface area contributed by atoms with E-state index in [9.17, 15) is 18.0 Å². The minimum absolute atomic E-state index is 0.0867. The predicted molar refractivity (Wildman–Crippen MR) is 46.5 cm³/mol. The quantitative estimate of drug-likeness (QED) is 0.834. The highest BCUT2D eigenvalue weighted by molar-refractivity contribution is 5.75. The zero-order chi connectivity index (χ0) is 11.5. The SMILES string of the molecule is NC(=O)C[CH]c1cccc(C(F)(F)F)n1. The number of aromatic nitrogens is 1. The van der Waals surface area contributed by atoms with E-state index in [-0.39, 0.29) is 12.1 Å². The first-order valence-corrected chi connectivity index (χ1v) is 4.05. The third-order valence-electron chi connectivity index (χ3n) is 1.57. The van der Waals surface area contributed by atoms with Crippen molar-refractivity contribution in [2.24, 2.45) is 5.73 Å². The van der Waals surface area contributed by atoms with Gasteiger partial charge in [-0.2, -0.15) is 13.2 Å². The lowest BCUT2D eigenvalue weighted by atomic mass is 10.2. The molecule has 0 atom stereocenters. The molecule has 1 aromatic rings. The highest BCUT2D eigenvalue weighted by Gasteiger charge is 2.32. The first kappa shape index (κ1) is 11.5. The number of nitrogens with two attached hydrogens (primary N) is 1. The van der Waals surface area contributed by atoms with Gasteiger partial charge in [-0.05, 0) is 12.1 Å². The lowest BCUT2D eigenvalue weighted by molar-refractivity contribution is -0.141. The van der Waals surface area contributed by atoms with E-state index in [4.69, 9.17) is 5.73 Å². The van der Waals surface area contributed by atoms with Crippen LogP contribution in [-0.4, -0.2) is 10.9 Å². The Morgan fingerprint density at radius 2 is 2.13 bits per heavy atom. The highest BCUT2D eigenvalue weighted by atomic mass is 19.4. The fourth-order valence-electron chi connectivity index (χ4n) is 0.928. The Hall–Kier alpha value is -1.59. The number of nitrogens with zero attached hydrogens (tertiary/aromatic N) is 1. The molecule has 3 nitrogen and oxygen atoms in total. The molecule has 1 heterocycles. The molecule has 81 valence electrons. The lowest BCUT2D eigenvalue weighted by Gasteiger charge is -2.06. The van der Waals surface area contributed by atoms with Crippen molar-refractivity contribution < 1.29 is 18.0 Å². The van der Waals surface area contributed by atoms with Crippen molar-refractivity contribution in [3.05, 3.63) is 36.0 Å². The van der Waals surface area contributed by atoms with Gasteiger partial charge in [0.05, 0.1) is 0 Å². The van der Waals surface area contributed by atoms with Crippen LogP contribution in [0, 0.1) is 6.42 Å². The first-order valence-electron chi connectivity index (χ1n) is 4.05. The van der Waals surface area contributed by atoms with Gasteiger partial charge < -0.3 is 5.73 Å². The van der Waals surface area contributed by atoms with Gasteiger partial charge in [0.15, 0.2) is 0 Å². The van der Waals surface area contributed by atoms with Crippen LogP contribution in [0.3, 0.4) is 0 Å². The fraction of sp³-hybridized carbons (Fsp3) is 0.222. The van der Waals surface area contributed by atoms with Crippen molar-refractivity contribution in [2.75, 3.05) is 0 Å². The van der Waals surface area contributed by atoms with Crippen LogP contribution in [0.25, 0.3) is 0 Å². The Morgan fingerprint density at radius 1 is 1.47 bits per heavy atom. The van der Waals surface area contributed by atoms with E-state index in [1.165, 1.54) is 18.6 Å². The third kappa shape index (κ3) is 3.57. The number of carbonyl (C=O) groups excluding carboxylic acids is 1. The van der Waals surface area contributed by atoms with E-state index in [1.54, 1.807) is 0 Å². The Labute approximate surface area is 84.1 Å². The lowest BCUT2D eigenvalue weighted by Crippen LogP contribution is -2.12. The number of hydrogen-bond acceptors (Lipinski definition) is 2. The molecule has 0 aliphatic heterocycles. The fourth-order valence-corrected chi connectivity index (χ4v) is 0.928. The summed E-state index contributed by atoms with van der Waals surface area (Å²) in [6, 6.07) is 3.46. The van der Waals surface area contributed by atoms with Crippen molar-refractivity contribution in [1.29, 1.82) is 0 Å². The zero-order valence-corrected chi connectivity index (χ0v) is 7.58. The van der Waals surface area contributed by atoms with Crippen LogP contribution in [0.2, 0.25) is 0 Å². The van der Waals surface area contributed by atoms with Crippen molar-refractivity contribution in [1.82, 2.24) is 4.98 Å². The Morgan fingerprint density at radius 3 is 2.67 bits per heavy atom. The van der Waals surface area contributed by atoms with Crippen LogP contribution < -0.4 is 5.73 Å². The van der Waals surface area contributed by atoms with Gasteiger partial charge in [-0.1, -0.05) is 6.07 Å². The van der Waals surface area contributed by atoms with E-state index < -0.39 is 17.8 Å². The largest absolute Gasteiger partial charge is 0.433 e. The molecule has 0 aliphatic rings. The smallest absolute Gasteiger partial charge is 0.370 e. The number of primary amides is 1. The molecule has 1 aromatic heterocycles. The summed E-state index contributed by atoms with van der Waals surface area (Å²) in [5, 5.41) is 0. The highest BCUT2D eigenvalue weighted by Crippen LogP contribution is 2.27. The van der Waals surface area contributed by atoms with Gasteiger partial charge in [-0.15, -0.1) is 0 Å². The van der Waals surface area contributed by atoms with Crippen molar-refractivity contribution >= 4 is 5.91 Å². The van der Waals surface area contributed by atoms with E-state index in [0.717, 1.165) is 6.07 Å². The average Bonchev–Trinajstić information content (AvgIpc) is 2.14. The molecule has 1 radical (unpaired) electrons. The molecule has 0 aromatic carbocycles. The molecule has 0 fully saturated rings. The number of hydrogen-bond donors (Lipinski definition) is 1. The molecule has 6 heteroatoms. The Bertz CT molecular complexity index is 363. The van der Waals surface area contributed by atoms with Crippen molar-refractivity contribution in [2.45, 2.75) is 12.6 Å². The summed E-state index contributed by atoms with van der Waals surface area (Å²) < 4.78 is 36.6. The van der Waals surface area contributed by atoms with Gasteiger partial charge in [0, 0.05) is 18.5 Å². The van der Waals surface area contributed by atoms with Crippen LogP contribution >= 0.6 is 0 Å². The molecule has 15 heavy (non-hydrogen) atoms. The van der Waals surface area contributed by atoms with Crippen molar-refractivity contribution in [3.8, 4) is 0 Å². The van der Waals surface area contributed by atoms with Gasteiger partial charge in [0.1, 0.15) is 5.69 Å². The maximum Gasteiger partial charge on any atom is 0.433 e. The predicted octanol–water partition coefficient (Wildman–Crippen LogP) is 1.53. The maximum absolute atomic E-state index is 12.2. The third-order valence-corrected chi connectivity index (χ3v) is 1.57. The summed E-state index contributed by atoms with van der Waals surface area (Å²) >= 11 is 0. The minimum Gasteiger partial charge on any atom is -0.370 e. The molecular weight excluding hydrogens is 209 g/mol. The number of pyridine rings is 1. The molecule has 0 unspecified atom stereocenters. The van der Waals surface area contributed by atoms with Crippen LogP contribution in [0.5, 0.6) is 0 Å². The second-order valence-corrected chi connectivity index (χ2v) is 2.82. The van der Waals surface area contributed by atoms with Gasteiger partial charge >= 0.3 is 6.18 Å². The van der Waals surface area contributed by atoms with Gasteiger partial charge in [-0.25, -0.2) is 4.98 Å². The number of alkyl halides is 3. The summed E-state index contributed by atoms with van der Waals surface area (Å²) in [6.07, 6.45) is -3.36. The van der Waals surface area contributed by atoms with Crippen LogP contribution in [0.15, 0.2) is 18.2 Å². The van der Waals surface area contributed by atoms with Crippen LogP contribution in [-0.2, 0) is 11.0 Å². The summed E-state index contributed by atoms with van der Waals surface area (Å²) in [5.74, 6) is -0.616. The summed E-state index contributed by atoms with van der Waals surface area (Å²) in [4.78, 5) is 13.7. The average molecular weight is 217 g/mol. The van der Waals surface area contributed by atoms with Crippen molar-refractivity contribution in [3.63, 3.8) is 0 Å². The number of halogens is 3. The van der Waals surface area contributed by atoms with E-state index in [2.05, 4.69) is 4.98 Å². The first-order chi connectivity index (χ1) is 6.89. The number of rotatable bonds is 3. The topological polar surface area (TPSA) is 56.0 Å². The maximum atomic E-state index is 12.2. The summed E-state index contributed by atoms with van der Waals surface area (Å²) in [7, 11) is 0. The normalized spacial score (nSPS) is 11.4. The molecule has 1 amide bonds. The molecule has 0 spiro atoms. The standard InChI is InChI=1S/C9H8F3N2O/c10-9(11,12)7-3-1-2-6(14-7)4-5-8(13)15/h1-4H,5H2,(H2,13,15). The van der Waals surface area contributed by atoms with E-state index >= 15 is 0 Å². The monoisotopic (exact) mass is 217 g/mol. The van der Waals surface area contributed by atoms with Gasteiger partial charge in [-0.3, -0.25) is 4.79 Å². The van der Waals surface area contributed by atoms with Crippen LogP contribution in [0.4, 0.5) is 13.2 Å². The van der Waals surface area contributed by atoms with Gasteiger partial charge in [0.25, 0.3) is 0 Å². The second kappa shape index (κ2) is 4.29. The zero-order valence-electron chi connectivity index (χ0n) is 7.58. The molecule has 0 aliphatic carbocycles.